The number of aliphatic hydroxyl groups excluding tert-OH is 1. The first-order valence-electron chi connectivity index (χ1n) is 12.5. The molecule has 41 heavy (non-hydrogen) atoms. The number of oxime groups is 1. The molecule has 1 aliphatic heterocycles. The van der Waals surface area contributed by atoms with E-state index in [1.54, 1.807) is 13.8 Å². The van der Waals surface area contributed by atoms with Gasteiger partial charge in [0.05, 0.1) is 16.7 Å². The molecule has 0 aliphatic carbocycles. The highest BCUT2D eigenvalue weighted by Crippen LogP contribution is 2.39. The minimum atomic E-state index is -1.53. The summed E-state index contributed by atoms with van der Waals surface area (Å²) in [5.41, 5.74) is 0.318. The van der Waals surface area contributed by atoms with E-state index in [9.17, 15) is 19.8 Å². The number of aromatic hydroxyl groups is 1. The van der Waals surface area contributed by atoms with Crippen molar-refractivity contribution in [2.24, 2.45) is 5.16 Å². The predicted octanol–water partition coefficient (Wildman–Crippen LogP) is 2.12. The van der Waals surface area contributed by atoms with Gasteiger partial charge in [0.1, 0.15) is 35.4 Å². The summed E-state index contributed by atoms with van der Waals surface area (Å²) in [6.45, 7) is 6.27. The number of benzene rings is 1. The first kappa shape index (κ1) is 31.3. The maximum atomic E-state index is 12.8. The monoisotopic (exact) mass is 572 g/mol. The molecule has 220 valence electrons. The van der Waals surface area contributed by atoms with Crippen LogP contribution in [0, 0.1) is 31.6 Å². The van der Waals surface area contributed by atoms with Gasteiger partial charge < -0.3 is 38.4 Å². The molecule has 5 atom stereocenters. The summed E-state index contributed by atoms with van der Waals surface area (Å²) in [6, 6.07) is 2.96. The molecule has 13 heteroatoms. The van der Waals surface area contributed by atoms with Crippen molar-refractivity contribution in [1.82, 2.24) is 5.48 Å². The molecule has 0 saturated carbocycles. The number of methoxy groups -OCH3 is 1. The van der Waals surface area contributed by atoms with Crippen LogP contribution in [-0.2, 0) is 23.9 Å². The molecule has 3 rings (SSSR count). The molecule has 0 bridgehead atoms. The molecule has 3 N–H and O–H groups in total. The maximum absolute atomic E-state index is 12.8. The zero-order valence-electron chi connectivity index (χ0n) is 23.3. The minimum absolute atomic E-state index is 0.0299. The van der Waals surface area contributed by atoms with E-state index >= 15 is 0 Å². The number of aryl methyl sites for hydroxylation is 1. The summed E-state index contributed by atoms with van der Waals surface area (Å²) in [4.78, 5) is 34.8. The molecule has 1 aromatic heterocycles. The van der Waals surface area contributed by atoms with E-state index < -0.39 is 41.9 Å². The van der Waals surface area contributed by atoms with Crippen LogP contribution in [0.25, 0.3) is 11.0 Å². The lowest BCUT2D eigenvalue weighted by atomic mass is 9.86. The van der Waals surface area contributed by atoms with Crippen molar-refractivity contribution < 1.29 is 48.0 Å². The average molecular weight is 573 g/mol. The number of nitrogens with zero attached hydrogens (tertiary/aromatic N) is 1. The van der Waals surface area contributed by atoms with Crippen molar-refractivity contribution in [3.05, 3.63) is 33.7 Å². The van der Waals surface area contributed by atoms with Crippen LogP contribution in [0.15, 0.2) is 26.5 Å². The highest BCUT2D eigenvalue weighted by molar-refractivity contribution is 6.04. The van der Waals surface area contributed by atoms with Crippen LogP contribution < -0.4 is 15.8 Å². The quantitative estimate of drug-likeness (QED) is 0.125. The smallest absolute Gasteiger partial charge is 0.431 e. The van der Waals surface area contributed by atoms with E-state index in [4.69, 9.17) is 45.9 Å². The van der Waals surface area contributed by atoms with Gasteiger partial charge >= 0.3 is 11.7 Å². The summed E-state index contributed by atoms with van der Waals surface area (Å²) in [5, 5.41) is 26.0. The van der Waals surface area contributed by atoms with Crippen LogP contribution in [0.4, 0.5) is 4.79 Å². The van der Waals surface area contributed by atoms with Crippen LogP contribution in [0.5, 0.6) is 11.5 Å². The number of hydroxylamine groups is 1. The fourth-order valence-electron chi connectivity index (χ4n) is 4.41. The van der Waals surface area contributed by atoms with E-state index in [-0.39, 0.29) is 47.0 Å². The molecule has 2 heterocycles. The number of ether oxygens (including phenoxy) is 4. The second-order valence-electron chi connectivity index (χ2n) is 9.21. The van der Waals surface area contributed by atoms with Gasteiger partial charge in [0.2, 0.25) is 6.29 Å². The Bertz CT molecular complexity index is 1440. The maximum Gasteiger partial charge on any atom is 0.431 e. The Balaban J connectivity index is 1.96. The number of aliphatic hydroxyl groups is 1. The van der Waals surface area contributed by atoms with Gasteiger partial charge in [0, 0.05) is 12.7 Å². The number of nitrogens with one attached hydrogen (secondary N) is 1. The van der Waals surface area contributed by atoms with E-state index in [1.807, 2.05) is 12.4 Å². The van der Waals surface area contributed by atoms with Crippen molar-refractivity contribution in [2.45, 2.75) is 64.3 Å². The molecule has 0 spiro atoms. The number of hydrogen-bond acceptors (Lipinski definition) is 12. The minimum Gasteiger partial charge on any atom is -0.506 e. The van der Waals surface area contributed by atoms with Crippen LogP contribution in [0.3, 0.4) is 0 Å². The summed E-state index contributed by atoms with van der Waals surface area (Å²) < 4.78 is 28.6. The highest BCUT2D eigenvalue weighted by Gasteiger charge is 2.54. The normalized spacial score (nSPS) is 24.2. The van der Waals surface area contributed by atoms with Gasteiger partial charge in [0.25, 0.3) is 0 Å². The van der Waals surface area contributed by atoms with Crippen molar-refractivity contribution in [3.8, 4) is 36.2 Å². The number of rotatable bonds is 10. The van der Waals surface area contributed by atoms with Gasteiger partial charge in [0.15, 0.2) is 18.8 Å². The first-order valence-corrected chi connectivity index (χ1v) is 12.5. The van der Waals surface area contributed by atoms with Crippen molar-refractivity contribution >= 4 is 22.8 Å². The third-order valence-electron chi connectivity index (χ3n) is 6.61. The van der Waals surface area contributed by atoms with Crippen LogP contribution in [0.2, 0.25) is 0 Å². The molecular formula is C28H32N2O11. The summed E-state index contributed by atoms with van der Waals surface area (Å²) in [6.07, 6.45) is 4.59. The van der Waals surface area contributed by atoms with Gasteiger partial charge in [-0.2, -0.15) is 5.48 Å². The lowest BCUT2D eigenvalue weighted by molar-refractivity contribution is -0.311. The molecule has 1 amide bonds. The van der Waals surface area contributed by atoms with Gasteiger partial charge in [-0.15, -0.1) is 12.8 Å². The molecule has 1 fully saturated rings. The summed E-state index contributed by atoms with van der Waals surface area (Å²) in [5.74, 6) is 4.21. The molecule has 1 aliphatic rings. The Morgan fingerprint density at radius 3 is 2.61 bits per heavy atom. The van der Waals surface area contributed by atoms with E-state index in [0.29, 0.717) is 12.0 Å². The zero-order valence-corrected chi connectivity index (χ0v) is 23.3. The van der Waals surface area contributed by atoms with E-state index in [2.05, 4.69) is 17.0 Å². The zero-order chi connectivity index (χ0) is 30.3. The van der Waals surface area contributed by atoms with Gasteiger partial charge in [-0.05, 0) is 39.3 Å². The van der Waals surface area contributed by atoms with Crippen LogP contribution >= 0.6 is 0 Å². The number of hydrogen-bond donors (Lipinski definition) is 3. The largest absolute Gasteiger partial charge is 0.506 e. The molecule has 1 saturated heterocycles. The number of carbonyl (C=O) groups excluding carboxylic acids is 1. The summed E-state index contributed by atoms with van der Waals surface area (Å²) >= 11 is 0. The lowest BCUT2D eigenvalue weighted by Crippen LogP contribution is -2.66. The number of fused-ring (bicyclic) bond motifs is 1. The van der Waals surface area contributed by atoms with Crippen molar-refractivity contribution in [3.63, 3.8) is 0 Å². The Hall–Kier alpha value is -4.27. The Labute approximate surface area is 236 Å². The fraction of sp³-hybridized carbons (Fsp3) is 0.464. The second kappa shape index (κ2) is 13.4. The Morgan fingerprint density at radius 1 is 1.27 bits per heavy atom. The molecular weight excluding hydrogens is 540 g/mol. The third kappa shape index (κ3) is 6.56. The number of terminal acetylenes is 2. The van der Waals surface area contributed by atoms with Crippen LogP contribution in [-0.4, -0.2) is 72.5 Å². The van der Waals surface area contributed by atoms with E-state index in [1.165, 1.54) is 26.2 Å². The average Bonchev–Trinajstić information content (AvgIpc) is 2.93. The van der Waals surface area contributed by atoms with Gasteiger partial charge in [-0.3, -0.25) is 4.84 Å². The third-order valence-corrected chi connectivity index (χ3v) is 6.61. The topological polar surface area (TPSA) is 168 Å². The molecule has 13 nitrogen and oxygen atoms in total. The van der Waals surface area contributed by atoms with Gasteiger partial charge in [-0.1, -0.05) is 23.9 Å². The van der Waals surface area contributed by atoms with Crippen LogP contribution in [0.1, 0.15) is 38.3 Å². The standard InChI is InChI=1S/C28H32N2O11/c1-8-13-36-29-16(5)19-20(31)17-11-12-18(15(4)22(17)39-25(19)33)38-26-21(32)23(40-27(34)30-37-14-9-2)24(35-7)28(6,10-3)41-26/h1-2,11-12,21,23-24,26,31-32H,10,13-14H2,3-7H3,(H,30,34)/t21?,23?,24?,26?,28-/m0/s1. The fourth-order valence-corrected chi connectivity index (χ4v) is 4.41. The number of amides is 1. The molecule has 1 aromatic carbocycles. The van der Waals surface area contributed by atoms with Crippen molar-refractivity contribution in [2.75, 3.05) is 20.3 Å². The predicted molar refractivity (Wildman–Crippen MR) is 145 cm³/mol. The first-order chi connectivity index (χ1) is 19.5. The Morgan fingerprint density at radius 2 is 1.98 bits per heavy atom. The van der Waals surface area contributed by atoms with E-state index in [0.717, 1.165) is 0 Å². The molecule has 4 unspecified atom stereocenters. The SMILES string of the molecule is C#CCON=C(C)c1c(O)c2ccc(OC3O[C@@](C)(CC)C(OC)C(OC(=O)NOCC#C)C3O)c(C)c2oc1=O. The number of carbonyl (C=O) groups is 1. The second-order valence-corrected chi connectivity index (χ2v) is 9.21. The lowest BCUT2D eigenvalue weighted by Gasteiger charge is -2.48. The summed E-state index contributed by atoms with van der Waals surface area (Å²) in [7, 11) is 1.39. The molecule has 0 radical (unpaired) electrons. The van der Waals surface area contributed by atoms with Gasteiger partial charge in [-0.25, -0.2) is 9.59 Å². The van der Waals surface area contributed by atoms with Crippen molar-refractivity contribution in [1.29, 1.82) is 0 Å². The molecule has 2 aromatic rings. The highest BCUT2D eigenvalue weighted by atomic mass is 16.7. The Kier molecular flexibility index (Phi) is 10.2.